The number of hydrogen-bond donors (Lipinski definition) is 1. The Bertz CT molecular complexity index is 554. The number of methoxy groups -OCH3 is 1. The van der Waals surface area contributed by atoms with Crippen LogP contribution in [0.1, 0.15) is 0 Å². The van der Waals surface area contributed by atoms with Gasteiger partial charge < -0.3 is 10.1 Å². The first-order chi connectivity index (χ1) is 8.74. The fourth-order valence-electron chi connectivity index (χ4n) is 1.47. The minimum Gasteiger partial charge on any atom is -0.494 e. The first-order valence-electron chi connectivity index (χ1n) is 5.39. The van der Waals surface area contributed by atoms with Gasteiger partial charge in [0.25, 0.3) is 0 Å². The molecule has 1 aromatic heterocycles. The molecule has 1 aromatic carbocycles. The minimum atomic E-state index is -0.386. The number of thiazole rings is 1. The van der Waals surface area contributed by atoms with E-state index in [-0.39, 0.29) is 11.6 Å². The lowest BCUT2D eigenvalue weighted by molar-refractivity contribution is 0.386. The third-order valence-electron chi connectivity index (χ3n) is 2.35. The molecular weight excluding hydrogens is 251 g/mol. The average Bonchev–Trinajstić information content (AvgIpc) is 2.85. The first-order valence-corrected chi connectivity index (χ1v) is 6.26. The van der Waals surface area contributed by atoms with Gasteiger partial charge in [-0.15, -0.1) is 17.9 Å². The molecule has 18 heavy (non-hydrogen) atoms. The van der Waals surface area contributed by atoms with Crippen molar-refractivity contribution in [3.8, 4) is 17.0 Å². The van der Waals surface area contributed by atoms with Crippen molar-refractivity contribution in [2.45, 2.75) is 0 Å². The molecule has 1 N–H and O–H groups in total. The van der Waals surface area contributed by atoms with Gasteiger partial charge >= 0.3 is 0 Å². The third-order valence-corrected chi connectivity index (χ3v) is 3.15. The number of nitrogens with one attached hydrogen (secondary N) is 1. The SMILES string of the molecule is C=CCNc1nc(-c2ccc(OC)c(F)c2)cs1. The van der Waals surface area contributed by atoms with Gasteiger partial charge in [0, 0.05) is 17.5 Å². The highest BCUT2D eigenvalue weighted by Gasteiger charge is 2.08. The monoisotopic (exact) mass is 264 g/mol. The van der Waals surface area contributed by atoms with Crippen molar-refractivity contribution >= 4 is 16.5 Å². The highest BCUT2D eigenvalue weighted by atomic mass is 32.1. The van der Waals surface area contributed by atoms with Crippen LogP contribution in [0.4, 0.5) is 9.52 Å². The second-order valence-corrected chi connectivity index (χ2v) is 4.41. The van der Waals surface area contributed by atoms with Gasteiger partial charge in [0.05, 0.1) is 12.8 Å². The van der Waals surface area contributed by atoms with Crippen LogP contribution < -0.4 is 10.1 Å². The number of ether oxygens (including phenoxy) is 1. The maximum atomic E-state index is 13.6. The predicted molar refractivity (Wildman–Crippen MR) is 72.7 cm³/mol. The molecule has 0 amide bonds. The summed E-state index contributed by atoms with van der Waals surface area (Å²) in [4.78, 5) is 4.37. The smallest absolute Gasteiger partial charge is 0.183 e. The zero-order valence-electron chi connectivity index (χ0n) is 9.94. The molecule has 0 saturated carbocycles. The summed E-state index contributed by atoms with van der Waals surface area (Å²) in [5.74, 6) is -0.150. The van der Waals surface area contributed by atoms with Crippen molar-refractivity contribution in [1.29, 1.82) is 0 Å². The van der Waals surface area contributed by atoms with Crippen LogP contribution in [-0.2, 0) is 0 Å². The zero-order valence-corrected chi connectivity index (χ0v) is 10.8. The van der Waals surface area contributed by atoms with Crippen LogP contribution in [0.25, 0.3) is 11.3 Å². The van der Waals surface area contributed by atoms with Crippen LogP contribution in [0, 0.1) is 5.82 Å². The average molecular weight is 264 g/mol. The van der Waals surface area contributed by atoms with Crippen LogP contribution in [0.3, 0.4) is 0 Å². The van der Waals surface area contributed by atoms with E-state index in [1.54, 1.807) is 18.2 Å². The molecule has 0 aliphatic carbocycles. The van der Waals surface area contributed by atoms with Gasteiger partial charge in [-0.2, -0.15) is 0 Å². The Hall–Kier alpha value is -1.88. The van der Waals surface area contributed by atoms with E-state index in [1.807, 2.05) is 5.38 Å². The lowest BCUT2D eigenvalue weighted by Crippen LogP contribution is -1.96. The van der Waals surface area contributed by atoms with Gasteiger partial charge in [-0.1, -0.05) is 6.08 Å². The van der Waals surface area contributed by atoms with Crippen molar-refractivity contribution in [2.75, 3.05) is 19.0 Å². The number of nitrogens with zero attached hydrogens (tertiary/aromatic N) is 1. The standard InChI is InChI=1S/C13H13FN2OS/c1-3-6-15-13-16-11(8-18-13)9-4-5-12(17-2)10(14)7-9/h3-5,7-8H,1,6H2,2H3,(H,15,16). The summed E-state index contributed by atoms with van der Waals surface area (Å²) < 4.78 is 18.4. The van der Waals surface area contributed by atoms with Crippen LogP contribution >= 0.6 is 11.3 Å². The van der Waals surface area contributed by atoms with E-state index in [9.17, 15) is 4.39 Å². The lowest BCUT2D eigenvalue weighted by Gasteiger charge is -2.03. The predicted octanol–water partition coefficient (Wildman–Crippen LogP) is 3.56. The van der Waals surface area contributed by atoms with Gasteiger partial charge in [0.1, 0.15) is 0 Å². The van der Waals surface area contributed by atoms with Gasteiger partial charge in [-0.25, -0.2) is 9.37 Å². The Morgan fingerprint density at radius 2 is 2.39 bits per heavy atom. The highest BCUT2D eigenvalue weighted by molar-refractivity contribution is 7.14. The number of anilines is 1. The van der Waals surface area contributed by atoms with Crippen molar-refractivity contribution in [1.82, 2.24) is 4.98 Å². The second kappa shape index (κ2) is 5.64. The number of rotatable bonds is 5. The van der Waals surface area contributed by atoms with E-state index in [2.05, 4.69) is 16.9 Å². The number of halogens is 1. The molecule has 5 heteroatoms. The number of aromatic nitrogens is 1. The molecule has 94 valence electrons. The topological polar surface area (TPSA) is 34.2 Å². The zero-order chi connectivity index (χ0) is 13.0. The van der Waals surface area contributed by atoms with E-state index < -0.39 is 0 Å². The molecule has 0 spiro atoms. The van der Waals surface area contributed by atoms with E-state index in [1.165, 1.54) is 24.5 Å². The Morgan fingerprint density at radius 1 is 1.56 bits per heavy atom. The van der Waals surface area contributed by atoms with Crippen LogP contribution in [0.5, 0.6) is 5.75 Å². The van der Waals surface area contributed by atoms with Gasteiger partial charge in [0.2, 0.25) is 0 Å². The summed E-state index contributed by atoms with van der Waals surface area (Å²) in [7, 11) is 1.44. The molecule has 2 aromatic rings. The number of benzene rings is 1. The maximum absolute atomic E-state index is 13.6. The summed E-state index contributed by atoms with van der Waals surface area (Å²) in [5, 5.41) is 5.77. The molecule has 0 fully saturated rings. The van der Waals surface area contributed by atoms with Gasteiger partial charge in [-0.3, -0.25) is 0 Å². The first kappa shape index (κ1) is 12.6. The number of hydrogen-bond acceptors (Lipinski definition) is 4. The normalized spacial score (nSPS) is 10.1. The van der Waals surface area contributed by atoms with E-state index in [4.69, 9.17) is 4.74 Å². The molecule has 0 bridgehead atoms. The van der Waals surface area contributed by atoms with E-state index in [0.717, 1.165) is 16.4 Å². The Morgan fingerprint density at radius 3 is 3.06 bits per heavy atom. The van der Waals surface area contributed by atoms with Crippen molar-refractivity contribution < 1.29 is 9.13 Å². The second-order valence-electron chi connectivity index (χ2n) is 3.56. The summed E-state index contributed by atoms with van der Waals surface area (Å²) in [5.41, 5.74) is 1.48. The summed E-state index contributed by atoms with van der Waals surface area (Å²) in [6.45, 7) is 4.28. The maximum Gasteiger partial charge on any atom is 0.183 e. The lowest BCUT2D eigenvalue weighted by atomic mass is 10.1. The molecule has 0 aliphatic heterocycles. The summed E-state index contributed by atoms with van der Waals surface area (Å²) in [6, 6.07) is 4.81. The molecule has 0 atom stereocenters. The largest absolute Gasteiger partial charge is 0.494 e. The van der Waals surface area contributed by atoms with Crippen molar-refractivity contribution in [2.24, 2.45) is 0 Å². The summed E-state index contributed by atoms with van der Waals surface area (Å²) in [6.07, 6.45) is 1.76. The van der Waals surface area contributed by atoms with Crippen LogP contribution in [0.2, 0.25) is 0 Å². The molecule has 2 rings (SSSR count). The minimum absolute atomic E-state index is 0.235. The molecule has 0 saturated heterocycles. The Balaban J connectivity index is 2.23. The molecular formula is C13H13FN2OS. The third kappa shape index (κ3) is 2.68. The fraction of sp³-hybridized carbons (Fsp3) is 0.154. The van der Waals surface area contributed by atoms with Crippen molar-refractivity contribution in [3.05, 3.63) is 42.1 Å². The van der Waals surface area contributed by atoms with Crippen LogP contribution in [0.15, 0.2) is 36.2 Å². The van der Waals surface area contributed by atoms with E-state index in [0.29, 0.717) is 6.54 Å². The molecule has 0 aliphatic rings. The van der Waals surface area contributed by atoms with Gasteiger partial charge in [0.15, 0.2) is 16.7 Å². The van der Waals surface area contributed by atoms with E-state index >= 15 is 0 Å². The quantitative estimate of drug-likeness (QED) is 0.838. The van der Waals surface area contributed by atoms with Crippen LogP contribution in [-0.4, -0.2) is 18.6 Å². The Kier molecular flexibility index (Phi) is 3.94. The highest BCUT2D eigenvalue weighted by Crippen LogP contribution is 2.28. The van der Waals surface area contributed by atoms with Crippen molar-refractivity contribution in [3.63, 3.8) is 0 Å². The molecule has 0 unspecified atom stereocenters. The molecule has 1 heterocycles. The summed E-state index contributed by atoms with van der Waals surface area (Å²) >= 11 is 1.48. The van der Waals surface area contributed by atoms with Gasteiger partial charge in [-0.05, 0) is 18.2 Å². The molecule has 0 radical (unpaired) electrons. The Labute approximate surface area is 109 Å². The molecule has 3 nitrogen and oxygen atoms in total. The fourth-order valence-corrected chi connectivity index (χ4v) is 2.20.